The molecule has 0 aliphatic heterocycles. The normalized spacial score (nSPS) is 25.3. The Hall–Kier alpha value is -0.650. The molecule has 112 valence electrons. The lowest BCUT2D eigenvalue weighted by Crippen LogP contribution is -2.50. The minimum Gasteiger partial charge on any atom is -0.383 e. The number of likely N-dealkylation sites (N-methyl/N-ethyl adjacent to an activating group) is 1. The highest BCUT2D eigenvalue weighted by atomic mass is 16.5. The maximum atomic E-state index is 12.0. The third-order valence-electron chi connectivity index (χ3n) is 4.28. The number of nitrogens with one attached hydrogen (secondary N) is 2. The minimum atomic E-state index is -0.0759. The van der Waals surface area contributed by atoms with Crippen molar-refractivity contribution in [2.24, 2.45) is 0 Å². The topological polar surface area (TPSA) is 53.6 Å². The quantitative estimate of drug-likeness (QED) is 0.666. The number of methoxy groups -OCH3 is 1. The lowest BCUT2D eigenvalue weighted by molar-refractivity contribution is -0.126. The Morgan fingerprint density at radius 2 is 2.00 bits per heavy atom. The van der Waals surface area contributed by atoms with E-state index in [0.717, 1.165) is 12.8 Å². The molecule has 0 aromatic heterocycles. The summed E-state index contributed by atoms with van der Waals surface area (Å²) in [6, 6.07) is 1.09. The van der Waals surface area contributed by atoms with Crippen molar-refractivity contribution in [1.82, 2.24) is 15.5 Å². The van der Waals surface area contributed by atoms with Crippen molar-refractivity contribution >= 4 is 5.91 Å². The molecule has 0 saturated heterocycles. The Morgan fingerprint density at radius 3 is 2.53 bits per heavy atom. The molecule has 1 aliphatic rings. The van der Waals surface area contributed by atoms with E-state index in [1.54, 1.807) is 7.11 Å². The fraction of sp³-hybridized carbons (Fsp3) is 0.929. The Balaban J connectivity index is 2.35. The lowest BCUT2D eigenvalue weighted by atomic mass is 9.90. The molecule has 1 amide bonds. The van der Waals surface area contributed by atoms with E-state index in [-0.39, 0.29) is 11.9 Å². The van der Waals surface area contributed by atoms with Crippen LogP contribution in [-0.2, 0) is 9.53 Å². The predicted octanol–water partition coefficient (Wildman–Crippen LogP) is 0.600. The molecule has 0 aromatic carbocycles. The number of hydrogen-bond acceptors (Lipinski definition) is 4. The predicted molar refractivity (Wildman–Crippen MR) is 77.2 cm³/mol. The number of carbonyl (C=O) groups is 1. The minimum absolute atomic E-state index is 0.0759. The van der Waals surface area contributed by atoms with Gasteiger partial charge in [-0.1, -0.05) is 0 Å². The van der Waals surface area contributed by atoms with Crippen LogP contribution in [0.3, 0.4) is 0 Å². The van der Waals surface area contributed by atoms with Crippen molar-refractivity contribution in [2.75, 3.05) is 34.4 Å². The molecule has 1 aliphatic carbocycles. The van der Waals surface area contributed by atoms with Crippen molar-refractivity contribution in [1.29, 1.82) is 0 Å². The SMILES string of the molecule is CNC1CCC(N(C)C(C)C(=O)NCCOC)CC1. The molecule has 2 N–H and O–H groups in total. The summed E-state index contributed by atoms with van der Waals surface area (Å²) in [5.41, 5.74) is 0. The molecule has 5 nitrogen and oxygen atoms in total. The van der Waals surface area contributed by atoms with Crippen LogP contribution in [0.1, 0.15) is 32.6 Å². The summed E-state index contributed by atoms with van der Waals surface area (Å²) in [7, 11) is 5.73. The molecule has 1 fully saturated rings. The van der Waals surface area contributed by atoms with Crippen LogP contribution >= 0.6 is 0 Å². The van der Waals surface area contributed by atoms with Crippen LogP contribution in [0.2, 0.25) is 0 Å². The van der Waals surface area contributed by atoms with Gasteiger partial charge in [-0.2, -0.15) is 0 Å². The van der Waals surface area contributed by atoms with Gasteiger partial charge >= 0.3 is 0 Å². The average molecular weight is 271 g/mol. The summed E-state index contributed by atoms with van der Waals surface area (Å²) in [6.45, 7) is 3.13. The summed E-state index contributed by atoms with van der Waals surface area (Å²) in [5.74, 6) is 0.0929. The number of carbonyl (C=O) groups excluding carboxylic acids is 1. The summed E-state index contributed by atoms with van der Waals surface area (Å²) < 4.78 is 4.94. The van der Waals surface area contributed by atoms with Crippen LogP contribution in [0.15, 0.2) is 0 Å². The van der Waals surface area contributed by atoms with Gasteiger partial charge in [0, 0.05) is 25.7 Å². The Labute approximate surface area is 117 Å². The van der Waals surface area contributed by atoms with E-state index < -0.39 is 0 Å². The molecule has 1 saturated carbocycles. The lowest BCUT2D eigenvalue weighted by Gasteiger charge is -2.37. The van der Waals surface area contributed by atoms with E-state index in [4.69, 9.17) is 4.74 Å². The van der Waals surface area contributed by atoms with Gasteiger partial charge < -0.3 is 15.4 Å². The van der Waals surface area contributed by atoms with Crippen LogP contribution in [0.25, 0.3) is 0 Å². The highest BCUT2D eigenvalue weighted by Gasteiger charge is 2.28. The van der Waals surface area contributed by atoms with E-state index in [0.29, 0.717) is 25.2 Å². The zero-order valence-electron chi connectivity index (χ0n) is 12.7. The van der Waals surface area contributed by atoms with Gasteiger partial charge in [0.15, 0.2) is 0 Å². The molecule has 0 spiro atoms. The molecule has 0 radical (unpaired) electrons. The van der Waals surface area contributed by atoms with E-state index in [2.05, 4.69) is 22.6 Å². The van der Waals surface area contributed by atoms with Gasteiger partial charge in [0.25, 0.3) is 0 Å². The second kappa shape index (κ2) is 8.51. The Bertz CT molecular complexity index is 265. The number of ether oxygens (including phenoxy) is 1. The summed E-state index contributed by atoms with van der Waals surface area (Å²) in [6.07, 6.45) is 4.72. The molecule has 1 atom stereocenters. The van der Waals surface area contributed by atoms with Crippen LogP contribution < -0.4 is 10.6 Å². The molecule has 1 unspecified atom stereocenters. The van der Waals surface area contributed by atoms with E-state index in [1.165, 1.54) is 12.8 Å². The first kappa shape index (κ1) is 16.4. The molecule has 0 heterocycles. The standard InChI is InChI=1S/C14H29N3O2/c1-11(14(18)16-9-10-19-4)17(3)13-7-5-12(15-2)6-8-13/h11-13,15H,5-10H2,1-4H3,(H,16,18). The van der Waals surface area contributed by atoms with Crippen molar-refractivity contribution in [2.45, 2.75) is 50.7 Å². The number of hydrogen-bond donors (Lipinski definition) is 2. The largest absolute Gasteiger partial charge is 0.383 e. The third-order valence-corrected chi connectivity index (χ3v) is 4.28. The van der Waals surface area contributed by atoms with Crippen molar-refractivity contribution in [3.05, 3.63) is 0 Å². The van der Waals surface area contributed by atoms with E-state index >= 15 is 0 Å². The van der Waals surface area contributed by atoms with Gasteiger partial charge in [-0.05, 0) is 46.7 Å². The number of amides is 1. The van der Waals surface area contributed by atoms with Crippen LogP contribution in [-0.4, -0.2) is 63.3 Å². The van der Waals surface area contributed by atoms with Crippen molar-refractivity contribution in [3.8, 4) is 0 Å². The second-order valence-electron chi connectivity index (χ2n) is 5.42. The molecule has 5 heteroatoms. The molecular formula is C14H29N3O2. The van der Waals surface area contributed by atoms with Gasteiger partial charge in [-0.3, -0.25) is 9.69 Å². The zero-order valence-corrected chi connectivity index (χ0v) is 12.7. The van der Waals surface area contributed by atoms with E-state index in [1.807, 2.05) is 14.0 Å². The Kier molecular flexibility index (Phi) is 7.34. The fourth-order valence-electron chi connectivity index (χ4n) is 2.70. The zero-order chi connectivity index (χ0) is 14.3. The first-order valence-electron chi connectivity index (χ1n) is 7.26. The molecule has 0 bridgehead atoms. The van der Waals surface area contributed by atoms with Gasteiger partial charge in [-0.25, -0.2) is 0 Å². The highest BCUT2D eigenvalue weighted by Crippen LogP contribution is 2.23. The van der Waals surface area contributed by atoms with Gasteiger partial charge in [0.1, 0.15) is 0 Å². The monoisotopic (exact) mass is 271 g/mol. The molecule has 1 rings (SSSR count). The summed E-state index contributed by atoms with van der Waals surface area (Å²) in [4.78, 5) is 14.2. The Morgan fingerprint density at radius 1 is 1.37 bits per heavy atom. The summed E-state index contributed by atoms with van der Waals surface area (Å²) >= 11 is 0. The maximum absolute atomic E-state index is 12.0. The van der Waals surface area contributed by atoms with Crippen LogP contribution in [0.4, 0.5) is 0 Å². The second-order valence-corrected chi connectivity index (χ2v) is 5.42. The average Bonchev–Trinajstić information content (AvgIpc) is 2.46. The van der Waals surface area contributed by atoms with Gasteiger partial charge in [0.2, 0.25) is 5.91 Å². The maximum Gasteiger partial charge on any atom is 0.237 e. The summed E-state index contributed by atoms with van der Waals surface area (Å²) in [5, 5.41) is 6.24. The number of nitrogens with zero attached hydrogens (tertiary/aromatic N) is 1. The smallest absolute Gasteiger partial charge is 0.237 e. The molecular weight excluding hydrogens is 242 g/mol. The highest BCUT2D eigenvalue weighted by molar-refractivity contribution is 5.81. The molecule has 0 aromatic rings. The van der Waals surface area contributed by atoms with Gasteiger partial charge in [-0.15, -0.1) is 0 Å². The van der Waals surface area contributed by atoms with Crippen molar-refractivity contribution in [3.63, 3.8) is 0 Å². The first-order valence-corrected chi connectivity index (χ1v) is 7.26. The van der Waals surface area contributed by atoms with E-state index in [9.17, 15) is 4.79 Å². The van der Waals surface area contributed by atoms with Crippen LogP contribution in [0, 0.1) is 0 Å². The fourth-order valence-corrected chi connectivity index (χ4v) is 2.70. The van der Waals surface area contributed by atoms with Crippen molar-refractivity contribution < 1.29 is 9.53 Å². The molecule has 19 heavy (non-hydrogen) atoms. The first-order chi connectivity index (χ1) is 9.10. The number of rotatable bonds is 7. The van der Waals surface area contributed by atoms with Gasteiger partial charge in [0.05, 0.1) is 12.6 Å². The third kappa shape index (κ3) is 5.09. The van der Waals surface area contributed by atoms with Crippen LogP contribution in [0.5, 0.6) is 0 Å².